The summed E-state index contributed by atoms with van der Waals surface area (Å²) in [7, 11) is 0. The second kappa shape index (κ2) is 7.05. The summed E-state index contributed by atoms with van der Waals surface area (Å²) in [5.41, 5.74) is 1.03. The zero-order valence-electron chi connectivity index (χ0n) is 13.1. The van der Waals surface area contributed by atoms with E-state index in [9.17, 15) is 4.79 Å². The Morgan fingerprint density at radius 1 is 1.35 bits per heavy atom. The molecule has 23 heavy (non-hydrogen) atoms. The minimum atomic E-state index is -0.709. The number of hydrogen-bond donors (Lipinski definition) is 1. The Morgan fingerprint density at radius 3 is 2.83 bits per heavy atom. The smallest absolute Gasteiger partial charge is 0.266 e. The van der Waals surface area contributed by atoms with E-state index in [0.717, 1.165) is 11.1 Å². The molecule has 0 spiro atoms. The molecule has 3 nitrogen and oxygen atoms in total. The predicted octanol–water partition coefficient (Wildman–Crippen LogP) is 3.45. The lowest BCUT2D eigenvalue weighted by Crippen LogP contribution is -2.41. The summed E-state index contributed by atoms with van der Waals surface area (Å²) in [6.45, 7) is 3.87. The zero-order valence-corrected chi connectivity index (χ0v) is 13.9. The molecule has 1 heterocycles. The van der Waals surface area contributed by atoms with Crippen molar-refractivity contribution in [2.24, 2.45) is 0 Å². The van der Waals surface area contributed by atoms with Gasteiger partial charge in [-0.2, -0.15) is 0 Å². The van der Waals surface area contributed by atoms with Gasteiger partial charge in [0.1, 0.15) is 17.2 Å². The van der Waals surface area contributed by atoms with Crippen molar-refractivity contribution >= 4 is 17.2 Å². The largest absolute Gasteiger partial charge is 0.487 e. The SMILES string of the molecule is C#Cc1cccc(COc2ccsc2C(=O)NC(C)(C)C#C)c1. The molecule has 1 N–H and O–H groups in total. The van der Waals surface area contributed by atoms with E-state index in [0.29, 0.717) is 17.2 Å². The molecule has 0 saturated carbocycles. The standard InChI is InChI=1S/C19H17NO2S/c1-5-14-8-7-9-15(12-14)13-22-16-10-11-23-17(16)18(21)20-19(3,4)6-2/h1-2,7-12H,13H2,3-4H3,(H,20,21). The monoisotopic (exact) mass is 323 g/mol. The summed E-state index contributed by atoms with van der Waals surface area (Å²) < 4.78 is 5.76. The van der Waals surface area contributed by atoms with Crippen LogP contribution in [0.1, 0.15) is 34.6 Å². The van der Waals surface area contributed by atoms with E-state index in [1.165, 1.54) is 11.3 Å². The molecule has 0 aliphatic heterocycles. The van der Waals surface area contributed by atoms with Gasteiger partial charge in [0.15, 0.2) is 0 Å². The first-order valence-electron chi connectivity index (χ1n) is 7.01. The van der Waals surface area contributed by atoms with E-state index in [2.05, 4.69) is 17.2 Å². The normalized spacial score (nSPS) is 10.4. The van der Waals surface area contributed by atoms with Crippen LogP contribution in [0.2, 0.25) is 0 Å². The molecule has 1 aromatic heterocycles. The lowest BCUT2D eigenvalue weighted by Gasteiger charge is -2.19. The third kappa shape index (κ3) is 4.39. The quantitative estimate of drug-likeness (QED) is 0.856. The van der Waals surface area contributed by atoms with Crippen molar-refractivity contribution < 1.29 is 9.53 Å². The maximum absolute atomic E-state index is 12.3. The molecule has 1 aromatic carbocycles. The lowest BCUT2D eigenvalue weighted by molar-refractivity contribution is 0.0930. The molecular formula is C19H17NO2S. The van der Waals surface area contributed by atoms with Gasteiger partial charge in [-0.05, 0) is 43.0 Å². The van der Waals surface area contributed by atoms with Crippen molar-refractivity contribution in [2.45, 2.75) is 26.0 Å². The molecule has 4 heteroatoms. The van der Waals surface area contributed by atoms with E-state index in [1.807, 2.05) is 29.6 Å². The third-order valence-corrected chi connectivity index (χ3v) is 4.00. The highest BCUT2D eigenvalue weighted by atomic mass is 32.1. The van der Waals surface area contributed by atoms with Gasteiger partial charge in [0.2, 0.25) is 0 Å². The summed E-state index contributed by atoms with van der Waals surface area (Å²) in [6.07, 6.45) is 10.8. The van der Waals surface area contributed by atoms with Gasteiger partial charge >= 0.3 is 0 Å². The zero-order chi connectivity index (χ0) is 16.9. The highest BCUT2D eigenvalue weighted by Gasteiger charge is 2.21. The number of nitrogens with one attached hydrogen (secondary N) is 1. The Morgan fingerprint density at radius 2 is 2.13 bits per heavy atom. The maximum atomic E-state index is 12.3. The molecule has 2 rings (SSSR count). The summed E-state index contributed by atoms with van der Waals surface area (Å²) in [6, 6.07) is 9.31. The van der Waals surface area contributed by atoms with Crippen LogP contribution >= 0.6 is 11.3 Å². The second-order valence-electron chi connectivity index (χ2n) is 5.47. The van der Waals surface area contributed by atoms with Gasteiger partial charge in [-0.3, -0.25) is 4.79 Å². The number of terminal acetylenes is 2. The molecule has 2 aromatic rings. The van der Waals surface area contributed by atoms with E-state index in [4.69, 9.17) is 17.6 Å². The van der Waals surface area contributed by atoms with Crippen LogP contribution in [0.3, 0.4) is 0 Å². The molecule has 0 unspecified atom stereocenters. The lowest BCUT2D eigenvalue weighted by atomic mass is 10.1. The summed E-state index contributed by atoms with van der Waals surface area (Å²) in [5.74, 6) is 5.42. The number of thiophene rings is 1. The maximum Gasteiger partial charge on any atom is 0.266 e. The molecule has 116 valence electrons. The summed E-state index contributed by atoms with van der Waals surface area (Å²) in [5, 5.41) is 4.60. The number of hydrogen-bond acceptors (Lipinski definition) is 3. The number of carbonyl (C=O) groups is 1. The Hall–Kier alpha value is -2.69. The molecular weight excluding hydrogens is 306 g/mol. The minimum Gasteiger partial charge on any atom is -0.487 e. The van der Waals surface area contributed by atoms with Crippen molar-refractivity contribution in [3.63, 3.8) is 0 Å². The number of ether oxygens (including phenoxy) is 1. The Bertz CT molecular complexity index is 790. The highest BCUT2D eigenvalue weighted by Crippen LogP contribution is 2.26. The van der Waals surface area contributed by atoms with Gasteiger partial charge in [0, 0.05) is 5.56 Å². The van der Waals surface area contributed by atoms with E-state index >= 15 is 0 Å². The van der Waals surface area contributed by atoms with Crippen molar-refractivity contribution in [1.82, 2.24) is 5.32 Å². The molecule has 1 amide bonds. The molecule has 0 bridgehead atoms. The van der Waals surface area contributed by atoms with Crippen LogP contribution in [0.5, 0.6) is 5.75 Å². The Balaban J connectivity index is 2.08. The molecule has 0 saturated heterocycles. The van der Waals surface area contributed by atoms with Crippen LogP contribution in [0.25, 0.3) is 0 Å². The Labute approximate surface area is 140 Å². The third-order valence-electron chi connectivity index (χ3n) is 3.11. The van der Waals surface area contributed by atoms with Crippen LogP contribution in [0.15, 0.2) is 35.7 Å². The fraction of sp³-hybridized carbons (Fsp3) is 0.211. The number of amides is 1. The number of benzene rings is 1. The summed E-state index contributed by atoms with van der Waals surface area (Å²) in [4.78, 5) is 12.8. The molecule has 0 aliphatic rings. The molecule has 0 aliphatic carbocycles. The predicted molar refractivity (Wildman–Crippen MR) is 93.4 cm³/mol. The van der Waals surface area contributed by atoms with Crippen molar-refractivity contribution in [3.8, 4) is 30.4 Å². The second-order valence-corrected chi connectivity index (χ2v) is 6.39. The summed E-state index contributed by atoms with van der Waals surface area (Å²) >= 11 is 1.31. The van der Waals surface area contributed by atoms with Gasteiger partial charge in [0.05, 0.1) is 5.54 Å². The van der Waals surface area contributed by atoms with Crippen LogP contribution in [0, 0.1) is 24.7 Å². The fourth-order valence-electron chi connectivity index (χ4n) is 1.87. The molecule has 0 fully saturated rings. The minimum absolute atomic E-state index is 0.240. The van der Waals surface area contributed by atoms with E-state index in [1.54, 1.807) is 19.9 Å². The number of rotatable bonds is 5. The average molecular weight is 323 g/mol. The van der Waals surface area contributed by atoms with Gasteiger partial charge in [0.25, 0.3) is 5.91 Å². The average Bonchev–Trinajstić information content (AvgIpc) is 3.01. The van der Waals surface area contributed by atoms with Gasteiger partial charge in [-0.15, -0.1) is 24.2 Å². The highest BCUT2D eigenvalue weighted by molar-refractivity contribution is 7.12. The van der Waals surface area contributed by atoms with Crippen molar-refractivity contribution in [3.05, 3.63) is 51.7 Å². The first-order chi connectivity index (χ1) is 10.9. The molecule has 0 radical (unpaired) electrons. The van der Waals surface area contributed by atoms with Gasteiger partial charge < -0.3 is 10.1 Å². The number of carbonyl (C=O) groups excluding carboxylic acids is 1. The van der Waals surface area contributed by atoms with E-state index in [-0.39, 0.29) is 5.91 Å². The Kier molecular flexibility index (Phi) is 5.11. The first kappa shape index (κ1) is 16.7. The van der Waals surface area contributed by atoms with E-state index < -0.39 is 5.54 Å². The van der Waals surface area contributed by atoms with Crippen molar-refractivity contribution in [1.29, 1.82) is 0 Å². The van der Waals surface area contributed by atoms with Crippen LogP contribution in [-0.4, -0.2) is 11.4 Å². The van der Waals surface area contributed by atoms with Crippen LogP contribution in [-0.2, 0) is 6.61 Å². The topological polar surface area (TPSA) is 38.3 Å². The van der Waals surface area contributed by atoms with Crippen LogP contribution in [0.4, 0.5) is 0 Å². The fourth-order valence-corrected chi connectivity index (χ4v) is 2.59. The first-order valence-corrected chi connectivity index (χ1v) is 7.89. The van der Waals surface area contributed by atoms with Gasteiger partial charge in [-0.1, -0.05) is 24.0 Å². The molecule has 0 atom stereocenters. The van der Waals surface area contributed by atoms with Crippen molar-refractivity contribution in [2.75, 3.05) is 0 Å². The van der Waals surface area contributed by atoms with Gasteiger partial charge in [-0.25, -0.2) is 0 Å². The van der Waals surface area contributed by atoms with Crippen LogP contribution < -0.4 is 10.1 Å².